The predicted octanol–water partition coefficient (Wildman–Crippen LogP) is 8.25. The van der Waals surface area contributed by atoms with E-state index in [1.165, 1.54) is 23.1 Å². The van der Waals surface area contributed by atoms with Crippen LogP contribution in [0.4, 0.5) is 10.7 Å². The quantitative estimate of drug-likeness (QED) is 0.174. The molecule has 7 heteroatoms. The van der Waals surface area contributed by atoms with Gasteiger partial charge in [-0.25, -0.2) is 0 Å². The molecule has 0 aliphatic carbocycles. The SMILES string of the molecule is Cc1ccc(-c2csc(NC(=O)C(Sc3cccc(NC(=O)Cc4ccccc4)c3)c3ccccc3)c2C#N)cc1. The van der Waals surface area contributed by atoms with Gasteiger partial charge < -0.3 is 10.6 Å². The van der Waals surface area contributed by atoms with Gasteiger partial charge in [-0.15, -0.1) is 23.1 Å². The minimum absolute atomic E-state index is 0.109. The standard InChI is InChI=1S/C34H27N3O2S2/c1-23-15-17-25(18-16-23)30-22-40-34(29(30)21-35)37-33(39)32(26-11-6-3-7-12-26)41-28-14-8-13-27(20-28)36-31(38)19-24-9-4-2-5-10-24/h2-18,20,22,32H,19H2,1H3,(H,36,38)(H,37,39). The van der Waals surface area contributed by atoms with E-state index in [1.54, 1.807) is 0 Å². The highest BCUT2D eigenvalue weighted by molar-refractivity contribution is 8.00. The third-order valence-electron chi connectivity index (χ3n) is 6.42. The van der Waals surface area contributed by atoms with Crippen LogP contribution >= 0.6 is 23.1 Å². The Hall–Kier alpha value is -4.64. The van der Waals surface area contributed by atoms with Crippen molar-refractivity contribution < 1.29 is 9.59 Å². The molecule has 5 aromatic rings. The van der Waals surface area contributed by atoms with Gasteiger partial charge in [-0.1, -0.05) is 96.6 Å². The molecule has 4 aromatic carbocycles. The third-order valence-corrected chi connectivity index (χ3v) is 8.57. The first kappa shape index (κ1) is 27.9. The van der Waals surface area contributed by atoms with E-state index >= 15 is 0 Å². The van der Waals surface area contributed by atoms with Gasteiger partial charge in [-0.05, 0) is 41.8 Å². The molecule has 0 radical (unpaired) electrons. The molecule has 2 N–H and O–H groups in total. The fourth-order valence-electron chi connectivity index (χ4n) is 4.35. The molecular weight excluding hydrogens is 547 g/mol. The largest absolute Gasteiger partial charge is 0.326 e. The Kier molecular flexibility index (Phi) is 8.95. The van der Waals surface area contributed by atoms with Gasteiger partial charge in [-0.3, -0.25) is 9.59 Å². The van der Waals surface area contributed by atoms with E-state index in [0.29, 0.717) is 16.3 Å². The van der Waals surface area contributed by atoms with Crippen molar-refractivity contribution >= 4 is 45.6 Å². The number of anilines is 2. The van der Waals surface area contributed by atoms with Crippen molar-refractivity contribution in [3.05, 3.63) is 137 Å². The molecule has 1 aromatic heterocycles. The van der Waals surface area contributed by atoms with Crippen LogP contribution in [0.25, 0.3) is 11.1 Å². The second kappa shape index (κ2) is 13.1. The Morgan fingerprint density at radius 3 is 2.29 bits per heavy atom. The average Bonchev–Trinajstić information content (AvgIpc) is 3.39. The van der Waals surface area contributed by atoms with E-state index in [9.17, 15) is 14.9 Å². The summed E-state index contributed by atoms with van der Waals surface area (Å²) in [6.45, 7) is 2.02. The molecule has 0 bridgehead atoms. The number of carbonyl (C=O) groups is 2. The van der Waals surface area contributed by atoms with Crippen LogP contribution in [0, 0.1) is 18.3 Å². The van der Waals surface area contributed by atoms with E-state index in [2.05, 4.69) is 16.7 Å². The first-order chi connectivity index (χ1) is 20.0. The summed E-state index contributed by atoms with van der Waals surface area (Å²) in [6.07, 6.45) is 0.278. The summed E-state index contributed by atoms with van der Waals surface area (Å²) in [5, 5.41) is 17.8. The fourth-order valence-corrected chi connectivity index (χ4v) is 6.36. The van der Waals surface area contributed by atoms with Crippen molar-refractivity contribution in [2.45, 2.75) is 23.5 Å². The first-order valence-electron chi connectivity index (χ1n) is 13.0. The molecule has 5 nitrogen and oxygen atoms in total. The second-order valence-corrected chi connectivity index (χ2v) is 11.5. The van der Waals surface area contributed by atoms with Gasteiger partial charge in [0.25, 0.3) is 0 Å². The Bertz CT molecular complexity index is 1690. The maximum Gasteiger partial charge on any atom is 0.243 e. The number of nitrogens with zero attached hydrogens (tertiary/aromatic N) is 1. The zero-order valence-corrected chi connectivity index (χ0v) is 24.0. The monoisotopic (exact) mass is 573 g/mol. The van der Waals surface area contributed by atoms with Crippen LogP contribution < -0.4 is 10.6 Å². The third kappa shape index (κ3) is 7.12. The molecule has 2 amide bonds. The number of benzene rings is 4. The predicted molar refractivity (Wildman–Crippen MR) is 168 cm³/mol. The molecule has 0 saturated carbocycles. The molecule has 1 atom stereocenters. The lowest BCUT2D eigenvalue weighted by Gasteiger charge is -2.17. The van der Waals surface area contributed by atoms with Crippen LogP contribution in [0.5, 0.6) is 0 Å². The van der Waals surface area contributed by atoms with Gasteiger partial charge in [0.1, 0.15) is 16.3 Å². The fraction of sp³-hybridized carbons (Fsp3) is 0.0882. The van der Waals surface area contributed by atoms with Crippen molar-refractivity contribution in [2.75, 3.05) is 10.6 Å². The maximum atomic E-state index is 13.7. The van der Waals surface area contributed by atoms with Crippen LogP contribution in [0.15, 0.2) is 119 Å². The first-order valence-corrected chi connectivity index (χ1v) is 14.8. The van der Waals surface area contributed by atoms with E-state index < -0.39 is 5.25 Å². The molecule has 0 fully saturated rings. The van der Waals surface area contributed by atoms with E-state index in [4.69, 9.17) is 0 Å². The topological polar surface area (TPSA) is 82.0 Å². The van der Waals surface area contributed by atoms with E-state index in [0.717, 1.165) is 32.7 Å². The number of thiophene rings is 1. The minimum Gasteiger partial charge on any atom is -0.326 e. The highest BCUT2D eigenvalue weighted by Gasteiger charge is 2.25. The number of carbonyl (C=O) groups excluding carboxylic acids is 2. The molecule has 0 aliphatic rings. The Morgan fingerprint density at radius 2 is 1.59 bits per heavy atom. The second-order valence-electron chi connectivity index (χ2n) is 9.47. The van der Waals surface area contributed by atoms with Crippen LogP contribution in [-0.2, 0) is 16.0 Å². The molecule has 5 rings (SSSR count). The number of aryl methyl sites for hydroxylation is 1. The lowest BCUT2D eigenvalue weighted by atomic mass is 10.0. The van der Waals surface area contributed by atoms with Crippen LogP contribution in [-0.4, -0.2) is 11.8 Å². The van der Waals surface area contributed by atoms with Gasteiger partial charge in [0.2, 0.25) is 11.8 Å². The summed E-state index contributed by atoms with van der Waals surface area (Å²) >= 11 is 2.74. The highest BCUT2D eigenvalue weighted by atomic mass is 32.2. The maximum absolute atomic E-state index is 13.7. The van der Waals surface area contributed by atoms with Crippen LogP contribution in [0.2, 0.25) is 0 Å². The van der Waals surface area contributed by atoms with Crippen LogP contribution in [0.1, 0.15) is 27.5 Å². The van der Waals surface area contributed by atoms with E-state index in [1.807, 2.05) is 121 Å². The highest BCUT2D eigenvalue weighted by Crippen LogP contribution is 2.40. The van der Waals surface area contributed by atoms with Crippen LogP contribution in [0.3, 0.4) is 0 Å². The molecule has 0 saturated heterocycles. The molecule has 0 aliphatic heterocycles. The van der Waals surface area contributed by atoms with Crippen molar-refractivity contribution in [3.63, 3.8) is 0 Å². The summed E-state index contributed by atoms with van der Waals surface area (Å²) in [5.41, 5.74) is 5.76. The summed E-state index contributed by atoms with van der Waals surface area (Å²) in [5.74, 6) is -0.338. The lowest BCUT2D eigenvalue weighted by Crippen LogP contribution is -2.19. The van der Waals surface area contributed by atoms with Gasteiger partial charge in [0.05, 0.1) is 12.0 Å². The zero-order chi connectivity index (χ0) is 28.6. The molecule has 0 spiro atoms. The van der Waals surface area contributed by atoms with E-state index in [-0.39, 0.29) is 18.2 Å². The molecular formula is C34H27N3O2S2. The molecule has 1 unspecified atom stereocenters. The van der Waals surface area contributed by atoms with Crippen molar-refractivity contribution in [3.8, 4) is 17.2 Å². The molecule has 1 heterocycles. The summed E-state index contributed by atoms with van der Waals surface area (Å²) in [6, 6.07) is 36.9. The van der Waals surface area contributed by atoms with Gasteiger partial charge >= 0.3 is 0 Å². The summed E-state index contributed by atoms with van der Waals surface area (Å²) in [4.78, 5) is 27.2. The van der Waals surface area contributed by atoms with Crippen molar-refractivity contribution in [1.29, 1.82) is 5.26 Å². The summed E-state index contributed by atoms with van der Waals surface area (Å²) in [7, 11) is 0. The minimum atomic E-state index is -0.581. The van der Waals surface area contributed by atoms with Gasteiger partial charge in [0.15, 0.2) is 0 Å². The number of hydrogen-bond acceptors (Lipinski definition) is 5. The number of thioether (sulfide) groups is 1. The normalized spacial score (nSPS) is 11.3. The number of rotatable bonds is 9. The number of hydrogen-bond donors (Lipinski definition) is 2. The average molecular weight is 574 g/mol. The number of nitrogens with one attached hydrogen (secondary N) is 2. The van der Waals surface area contributed by atoms with Gasteiger partial charge in [0, 0.05) is 21.5 Å². The Balaban J connectivity index is 1.35. The zero-order valence-electron chi connectivity index (χ0n) is 22.3. The van der Waals surface area contributed by atoms with Crippen molar-refractivity contribution in [1.82, 2.24) is 0 Å². The lowest BCUT2D eigenvalue weighted by molar-refractivity contribution is -0.116. The number of amides is 2. The smallest absolute Gasteiger partial charge is 0.243 e. The number of nitriles is 1. The van der Waals surface area contributed by atoms with Gasteiger partial charge in [-0.2, -0.15) is 5.26 Å². The Labute approximate surface area is 247 Å². The molecule has 202 valence electrons. The summed E-state index contributed by atoms with van der Waals surface area (Å²) < 4.78 is 0. The Morgan fingerprint density at radius 1 is 0.878 bits per heavy atom. The van der Waals surface area contributed by atoms with Crippen molar-refractivity contribution in [2.24, 2.45) is 0 Å². The molecule has 41 heavy (non-hydrogen) atoms.